The lowest BCUT2D eigenvalue weighted by Crippen LogP contribution is -1.89. The Balaban J connectivity index is 2.96. The molecule has 3 heteroatoms. The van der Waals surface area contributed by atoms with Gasteiger partial charge in [0.1, 0.15) is 10.8 Å². The van der Waals surface area contributed by atoms with E-state index < -0.39 is 6.17 Å². The molecule has 0 bridgehead atoms. The number of hydrogen-bond acceptors (Lipinski definition) is 1. The molecule has 0 fully saturated rings. The first-order valence-electron chi connectivity index (χ1n) is 2.96. The lowest BCUT2D eigenvalue weighted by atomic mass is 10.3. The third kappa shape index (κ3) is 1.77. The van der Waals surface area contributed by atoms with Crippen molar-refractivity contribution in [2.45, 2.75) is 13.1 Å². The molecule has 1 unspecified atom stereocenters. The zero-order valence-electron chi connectivity index (χ0n) is 5.51. The molecule has 0 saturated carbocycles. The van der Waals surface area contributed by atoms with Crippen LogP contribution in [-0.2, 0) is 0 Å². The monoisotopic (exact) mass is 203 g/mol. The Morgan fingerprint density at radius 2 is 2.30 bits per heavy atom. The molecule has 0 aliphatic carbocycles. The Kier molecular flexibility index (Phi) is 2.38. The van der Waals surface area contributed by atoms with Gasteiger partial charge in [-0.2, -0.15) is 0 Å². The molecule has 1 nitrogen and oxygen atoms in total. The van der Waals surface area contributed by atoms with Crippen molar-refractivity contribution in [3.8, 4) is 0 Å². The van der Waals surface area contributed by atoms with Crippen LogP contribution in [0.3, 0.4) is 0 Å². The number of nitrogens with zero attached hydrogens (tertiary/aromatic N) is 1. The van der Waals surface area contributed by atoms with Gasteiger partial charge in [0.15, 0.2) is 0 Å². The summed E-state index contributed by atoms with van der Waals surface area (Å²) in [5, 5.41) is 0. The van der Waals surface area contributed by atoms with Crippen LogP contribution < -0.4 is 0 Å². The summed E-state index contributed by atoms with van der Waals surface area (Å²) in [6, 6.07) is 5.20. The number of halogens is 2. The summed E-state index contributed by atoms with van der Waals surface area (Å²) in [6.07, 6.45) is -0.988. The van der Waals surface area contributed by atoms with Crippen LogP contribution in [-0.4, -0.2) is 4.98 Å². The molecule has 1 rings (SSSR count). The van der Waals surface area contributed by atoms with E-state index in [0.29, 0.717) is 10.3 Å². The molecule has 10 heavy (non-hydrogen) atoms. The SMILES string of the molecule is CC(F)c1cccc(Br)n1. The average Bonchev–Trinajstić information content (AvgIpc) is 1.88. The van der Waals surface area contributed by atoms with E-state index in [2.05, 4.69) is 20.9 Å². The van der Waals surface area contributed by atoms with E-state index in [-0.39, 0.29) is 0 Å². The molecule has 0 saturated heterocycles. The van der Waals surface area contributed by atoms with Gasteiger partial charge in [-0.1, -0.05) is 6.07 Å². The summed E-state index contributed by atoms with van der Waals surface area (Å²) in [6.45, 7) is 1.47. The zero-order chi connectivity index (χ0) is 7.56. The van der Waals surface area contributed by atoms with Crippen LogP contribution in [0, 0.1) is 0 Å². The molecular weight excluding hydrogens is 197 g/mol. The first-order chi connectivity index (χ1) is 4.70. The largest absolute Gasteiger partial charge is 0.243 e. The van der Waals surface area contributed by atoms with Crippen molar-refractivity contribution in [3.63, 3.8) is 0 Å². The van der Waals surface area contributed by atoms with Crippen LogP contribution in [0.2, 0.25) is 0 Å². The van der Waals surface area contributed by atoms with Gasteiger partial charge in [-0.05, 0) is 35.0 Å². The van der Waals surface area contributed by atoms with Crippen LogP contribution in [0.15, 0.2) is 22.8 Å². The number of alkyl halides is 1. The second kappa shape index (κ2) is 3.10. The van der Waals surface area contributed by atoms with Crippen molar-refractivity contribution in [1.82, 2.24) is 4.98 Å². The summed E-state index contributed by atoms with van der Waals surface area (Å²) in [5.74, 6) is 0. The first kappa shape index (κ1) is 7.66. The number of aromatic nitrogens is 1. The van der Waals surface area contributed by atoms with Crippen LogP contribution in [0.1, 0.15) is 18.8 Å². The van der Waals surface area contributed by atoms with Crippen molar-refractivity contribution in [3.05, 3.63) is 28.5 Å². The van der Waals surface area contributed by atoms with E-state index in [1.54, 1.807) is 18.2 Å². The van der Waals surface area contributed by atoms with Crippen LogP contribution in [0.25, 0.3) is 0 Å². The third-order valence-electron chi connectivity index (χ3n) is 1.14. The predicted molar refractivity (Wildman–Crippen MR) is 41.5 cm³/mol. The van der Waals surface area contributed by atoms with Gasteiger partial charge in [0.05, 0.1) is 5.69 Å². The van der Waals surface area contributed by atoms with Gasteiger partial charge in [0.2, 0.25) is 0 Å². The van der Waals surface area contributed by atoms with Gasteiger partial charge >= 0.3 is 0 Å². The number of rotatable bonds is 1. The molecule has 1 aromatic rings. The lowest BCUT2D eigenvalue weighted by Gasteiger charge is -1.99. The quantitative estimate of drug-likeness (QED) is 0.641. The van der Waals surface area contributed by atoms with E-state index in [9.17, 15) is 4.39 Å². The second-order valence-electron chi connectivity index (χ2n) is 2.00. The molecular formula is C7H7BrFN. The molecule has 0 amide bonds. The average molecular weight is 204 g/mol. The van der Waals surface area contributed by atoms with E-state index in [4.69, 9.17) is 0 Å². The highest BCUT2D eigenvalue weighted by atomic mass is 79.9. The smallest absolute Gasteiger partial charge is 0.139 e. The normalized spacial score (nSPS) is 13.1. The molecule has 54 valence electrons. The standard InChI is InChI=1S/C7H7BrFN/c1-5(9)6-3-2-4-7(8)10-6/h2-5H,1H3. The molecule has 0 aliphatic rings. The Bertz CT molecular complexity index is 225. The van der Waals surface area contributed by atoms with Gasteiger partial charge in [-0.25, -0.2) is 9.37 Å². The Hall–Kier alpha value is -0.440. The van der Waals surface area contributed by atoms with Crippen molar-refractivity contribution in [2.24, 2.45) is 0 Å². The van der Waals surface area contributed by atoms with Gasteiger partial charge in [0.25, 0.3) is 0 Å². The summed E-state index contributed by atoms with van der Waals surface area (Å²) < 4.78 is 13.2. The third-order valence-corrected chi connectivity index (χ3v) is 1.59. The fraction of sp³-hybridized carbons (Fsp3) is 0.286. The fourth-order valence-corrected chi connectivity index (χ4v) is 1.00. The highest BCUT2D eigenvalue weighted by Gasteiger charge is 2.02. The molecule has 1 atom stereocenters. The molecule has 0 radical (unpaired) electrons. The Morgan fingerprint density at radius 1 is 1.60 bits per heavy atom. The molecule has 0 spiro atoms. The minimum atomic E-state index is -0.988. The Labute approximate surface area is 67.4 Å². The summed E-state index contributed by atoms with van der Waals surface area (Å²) in [7, 11) is 0. The van der Waals surface area contributed by atoms with Crippen molar-refractivity contribution in [2.75, 3.05) is 0 Å². The summed E-state index contributed by atoms with van der Waals surface area (Å²) >= 11 is 3.15. The van der Waals surface area contributed by atoms with Crippen LogP contribution in [0.5, 0.6) is 0 Å². The minimum absolute atomic E-state index is 0.467. The summed E-state index contributed by atoms with van der Waals surface area (Å²) in [5.41, 5.74) is 0.467. The van der Waals surface area contributed by atoms with E-state index in [1.807, 2.05) is 0 Å². The molecule has 0 aromatic carbocycles. The highest BCUT2D eigenvalue weighted by molar-refractivity contribution is 9.10. The number of hydrogen-bond donors (Lipinski definition) is 0. The highest BCUT2D eigenvalue weighted by Crippen LogP contribution is 2.15. The van der Waals surface area contributed by atoms with Crippen molar-refractivity contribution < 1.29 is 4.39 Å². The molecule has 1 aromatic heterocycles. The van der Waals surface area contributed by atoms with Gasteiger partial charge in [-0.3, -0.25) is 0 Å². The van der Waals surface area contributed by atoms with Crippen LogP contribution in [0.4, 0.5) is 4.39 Å². The minimum Gasteiger partial charge on any atom is -0.243 e. The zero-order valence-corrected chi connectivity index (χ0v) is 7.10. The maximum atomic E-state index is 12.5. The number of pyridine rings is 1. The summed E-state index contributed by atoms with van der Waals surface area (Å²) in [4.78, 5) is 3.91. The first-order valence-corrected chi connectivity index (χ1v) is 3.76. The molecule has 1 heterocycles. The molecule has 0 aliphatic heterocycles. The van der Waals surface area contributed by atoms with Crippen molar-refractivity contribution in [1.29, 1.82) is 0 Å². The lowest BCUT2D eigenvalue weighted by molar-refractivity contribution is 0.365. The predicted octanol–water partition coefficient (Wildman–Crippen LogP) is 2.87. The maximum Gasteiger partial charge on any atom is 0.139 e. The van der Waals surface area contributed by atoms with E-state index >= 15 is 0 Å². The fourth-order valence-electron chi connectivity index (χ4n) is 0.646. The van der Waals surface area contributed by atoms with Gasteiger partial charge in [0, 0.05) is 0 Å². The molecule has 0 N–H and O–H groups in total. The van der Waals surface area contributed by atoms with Crippen molar-refractivity contribution >= 4 is 15.9 Å². The van der Waals surface area contributed by atoms with Gasteiger partial charge < -0.3 is 0 Å². The Morgan fingerprint density at radius 3 is 2.70 bits per heavy atom. The maximum absolute atomic E-state index is 12.5. The van der Waals surface area contributed by atoms with E-state index in [0.717, 1.165) is 0 Å². The second-order valence-corrected chi connectivity index (χ2v) is 2.81. The van der Waals surface area contributed by atoms with Crippen LogP contribution >= 0.6 is 15.9 Å². The van der Waals surface area contributed by atoms with Gasteiger partial charge in [-0.15, -0.1) is 0 Å². The van der Waals surface area contributed by atoms with E-state index in [1.165, 1.54) is 6.92 Å². The topological polar surface area (TPSA) is 12.9 Å².